The fourth-order valence-electron chi connectivity index (χ4n) is 2.36. The lowest BCUT2D eigenvalue weighted by Gasteiger charge is -2.24. The van der Waals surface area contributed by atoms with E-state index >= 15 is 0 Å². The molecule has 0 aliphatic carbocycles. The van der Waals surface area contributed by atoms with Gasteiger partial charge in [-0.1, -0.05) is 37.3 Å². The summed E-state index contributed by atoms with van der Waals surface area (Å²) in [5, 5.41) is 6.43. The average molecular weight is 320 g/mol. The summed E-state index contributed by atoms with van der Waals surface area (Å²) in [6.45, 7) is 10.5. The minimum atomic E-state index is -0.456. The number of amides is 1. The lowest BCUT2D eigenvalue weighted by Crippen LogP contribution is -2.45. The Labute approximate surface area is 141 Å². The van der Waals surface area contributed by atoms with Crippen LogP contribution in [-0.4, -0.2) is 30.3 Å². The van der Waals surface area contributed by atoms with Crippen LogP contribution >= 0.6 is 0 Å². The van der Waals surface area contributed by atoms with Gasteiger partial charge in [0.2, 0.25) is 0 Å². The van der Waals surface area contributed by atoms with Gasteiger partial charge in [-0.05, 0) is 52.5 Å². The number of alkyl carbamates (subject to hydrolysis) is 1. The highest BCUT2D eigenvalue weighted by Crippen LogP contribution is 2.07. The van der Waals surface area contributed by atoms with Gasteiger partial charge in [-0.15, -0.1) is 0 Å². The van der Waals surface area contributed by atoms with Gasteiger partial charge in [-0.2, -0.15) is 0 Å². The minimum absolute atomic E-state index is 0.258. The monoisotopic (exact) mass is 320 g/mol. The number of hydrogen-bond acceptors (Lipinski definition) is 3. The summed E-state index contributed by atoms with van der Waals surface area (Å²) < 4.78 is 5.27. The smallest absolute Gasteiger partial charge is 0.407 e. The number of rotatable bonds is 8. The first kappa shape index (κ1) is 19.5. The zero-order valence-corrected chi connectivity index (χ0v) is 15.2. The van der Waals surface area contributed by atoms with E-state index in [1.54, 1.807) is 0 Å². The van der Waals surface area contributed by atoms with E-state index in [9.17, 15) is 4.79 Å². The molecule has 0 aliphatic rings. The van der Waals surface area contributed by atoms with Gasteiger partial charge in [-0.25, -0.2) is 4.79 Å². The van der Waals surface area contributed by atoms with Crippen molar-refractivity contribution in [2.24, 2.45) is 0 Å². The fourth-order valence-corrected chi connectivity index (χ4v) is 2.36. The Morgan fingerprint density at radius 2 is 1.87 bits per heavy atom. The van der Waals surface area contributed by atoms with Crippen molar-refractivity contribution in [2.45, 2.75) is 71.6 Å². The molecule has 0 aromatic heterocycles. The number of nitrogens with one attached hydrogen (secondary N) is 2. The predicted octanol–water partition coefficient (Wildman–Crippen LogP) is 3.90. The van der Waals surface area contributed by atoms with Crippen LogP contribution in [0.4, 0.5) is 4.79 Å². The normalized spacial score (nSPS) is 14.1. The van der Waals surface area contributed by atoms with Crippen molar-refractivity contribution in [2.75, 3.05) is 6.54 Å². The molecule has 130 valence electrons. The molecule has 0 spiro atoms. The SMILES string of the molecule is CCC(CNC(=O)OC(C)(C)C)NC(C)CCc1ccccc1. The molecule has 1 aromatic rings. The van der Waals surface area contributed by atoms with E-state index in [4.69, 9.17) is 4.74 Å². The summed E-state index contributed by atoms with van der Waals surface area (Å²) >= 11 is 0. The molecule has 0 heterocycles. The maximum Gasteiger partial charge on any atom is 0.407 e. The Morgan fingerprint density at radius 1 is 1.22 bits per heavy atom. The lowest BCUT2D eigenvalue weighted by atomic mass is 10.1. The highest BCUT2D eigenvalue weighted by molar-refractivity contribution is 5.67. The topological polar surface area (TPSA) is 50.4 Å². The standard InChI is InChI=1S/C19H32N2O2/c1-6-17(14-20-18(22)23-19(3,4)5)21-15(2)12-13-16-10-8-7-9-11-16/h7-11,15,17,21H,6,12-14H2,1-5H3,(H,20,22). The van der Waals surface area contributed by atoms with Crippen molar-refractivity contribution >= 4 is 6.09 Å². The summed E-state index contributed by atoms with van der Waals surface area (Å²) in [6, 6.07) is 11.2. The molecule has 23 heavy (non-hydrogen) atoms. The predicted molar refractivity (Wildman–Crippen MR) is 95.7 cm³/mol. The van der Waals surface area contributed by atoms with Crippen LogP contribution in [0.1, 0.15) is 53.0 Å². The second-order valence-corrected chi connectivity index (χ2v) is 7.08. The van der Waals surface area contributed by atoms with E-state index in [0.29, 0.717) is 12.6 Å². The molecule has 2 N–H and O–H groups in total. The minimum Gasteiger partial charge on any atom is -0.444 e. The van der Waals surface area contributed by atoms with Crippen LogP contribution in [-0.2, 0) is 11.2 Å². The molecule has 1 rings (SSSR count). The van der Waals surface area contributed by atoms with E-state index in [1.165, 1.54) is 5.56 Å². The molecule has 4 heteroatoms. The summed E-state index contributed by atoms with van der Waals surface area (Å²) in [5.74, 6) is 0. The van der Waals surface area contributed by atoms with Gasteiger partial charge in [0, 0.05) is 18.6 Å². The van der Waals surface area contributed by atoms with Crippen LogP contribution in [0.15, 0.2) is 30.3 Å². The van der Waals surface area contributed by atoms with Crippen molar-refractivity contribution in [1.29, 1.82) is 0 Å². The number of carbonyl (C=O) groups is 1. The van der Waals surface area contributed by atoms with Gasteiger partial charge in [-0.3, -0.25) is 0 Å². The van der Waals surface area contributed by atoms with E-state index in [0.717, 1.165) is 19.3 Å². The third kappa shape index (κ3) is 9.24. The van der Waals surface area contributed by atoms with Crippen molar-refractivity contribution in [3.05, 3.63) is 35.9 Å². The van der Waals surface area contributed by atoms with Crippen molar-refractivity contribution < 1.29 is 9.53 Å². The van der Waals surface area contributed by atoms with Crippen LogP contribution in [0.2, 0.25) is 0 Å². The first-order valence-corrected chi connectivity index (χ1v) is 8.57. The molecule has 0 saturated heterocycles. The Morgan fingerprint density at radius 3 is 2.43 bits per heavy atom. The number of benzene rings is 1. The molecule has 0 fully saturated rings. The second-order valence-electron chi connectivity index (χ2n) is 7.08. The van der Waals surface area contributed by atoms with E-state index < -0.39 is 5.60 Å². The van der Waals surface area contributed by atoms with Gasteiger partial charge in [0.25, 0.3) is 0 Å². The maximum atomic E-state index is 11.7. The number of carbonyl (C=O) groups excluding carboxylic acids is 1. The highest BCUT2D eigenvalue weighted by atomic mass is 16.6. The van der Waals surface area contributed by atoms with Crippen LogP contribution in [0.5, 0.6) is 0 Å². The quantitative estimate of drug-likeness (QED) is 0.764. The summed E-state index contributed by atoms with van der Waals surface area (Å²) in [7, 11) is 0. The molecular weight excluding hydrogens is 288 g/mol. The fraction of sp³-hybridized carbons (Fsp3) is 0.632. The molecular formula is C19H32N2O2. The summed E-state index contributed by atoms with van der Waals surface area (Å²) in [4.78, 5) is 11.7. The number of hydrogen-bond donors (Lipinski definition) is 2. The first-order valence-electron chi connectivity index (χ1n) is 8.57. The molecule has 1 amide bonds. The first-order chi connectivity index (χ1) is 10.8. The Balaban J connectivity index is 2.30. The van der Waals surface area contributed by atoms with Crippen molar-refractivity contribution in [1.82, 2.24) is 10.6 Å². The zero-order chi connectivity index (χ0) is 17.3. The zero-order valence-electron chi connectivity index (χ0n) is 15.2. The number of aryl methyl sites for hydroxylation is 1. The molecule has 1 aromatic carbocycles. The summed E-state index contributed by atoms with van der Waals surface area (Å²) in [6.07, 6.45) is 2.75. The Hall–Kier alpha value is -1.55. The third-order valence-electron chi connectivity index (χ3n) is 3.61. The van der Waals surface area contributed by atoms with Crippen molar-refractivity contribution in [3.63, 3.8) is 0 Å². The lowest BCUT2D eigenvalue weighted by molar-refractivity contribution is 0.0521. The Bertz CT molecular complexity index is 454. The molecule has 0 saturated carbocycles. The molecule has 2 atom stereocenters. The number of ether oxygens (including phenoxy) is 1. The summed E-state index contributed by atoms with van der Waals surface area (Å²) in [5.41, 5.74) is 0.906. The third-order valence-corrected chi connectivity index (χ3v) is 3.61. The Kier molecular flexibility index (Phi) is 8.10. The highest BCUT2D eigenvalue weighted by Gasteiger charge is 2.17. The van der Waals surface area contributed by atoms with E-state index in [1.807, 2.05) is 26.8 Å². The van der Waals surface area contributed by atoms with Crippen LogP contribution in [0.3, 0.4) is 0 Å². The van der Waals surface area contributed by atoms with Gasteiger partial charge in [0.15, 0.2) is 0 Å². The van der Waals surface area contributed by atoms with E-state index in [-0.39, 0.29) is 12.1 Å². The van der Waals surface area contributed by atoms with Crippen LogP contribution < -0.4 is 10.6 Å². The van der Waals surface area contributed by atoms with Crippen LogP contribution in [0, 0.1) is 0 Å². The molecule has 0 aliphatic heterocycles. The largest absolute Gasteiger partial charge is 0.444 e. The van der Waals surface area contributed by atoms with E-state index in [2.05, 4.69) is 48.7 Å². The second kappa shape index (κ2) is 9.56. The molecule has 2 unspecified atom stereocenters. The molecule has 0 radical (unpaired) electrons. The molecule has 0 bridgehead atoms. The van der Waals surface area contributed by atoms with Gasteiger partial charge < -0.3 is 15.4 Å². The average Bonchev–Trinajstić information content (AvgIpc) is 2.48. The van der Waals surface area contributed by atoms with Crippen molar-refractivity contribution in [3.8, 4) is 0 Å². The van der Waals surface area contributed by atoms with Gasteiger partial charge in [0.05, 0.1) is 0 Å². The maximum absolute atomic E-state index is 11.7. The van der Waals surface area contributed by atoms with Gasteiger partial charge >= 0.3 is 6.09 Å². The molecule has 4 nitrogen and oxygen atoms in total. The van der Waals surface area contributed by atoms with Crippen LogP contribution in [0.25, 0.3) is 0 Å². The van der Waals surface area contributed by atoms with Gasteiger partial charge in [0.1, 0.15) is 5.60 Å².